The van der Waals surface area contributed by atoms with Gasteiger partial charge in [0, 0.05) is 5.56 Å². The van der Waals surface area contributed by atoms with Gasteiger partial charge in [-0.05, 0) is 37.3 Å². The number of rotatable bonds is 4. The lowest BCUT2D eigenvalue weighted by molar-refractivity contribution is 0.290. The average Bonchev–Trinajstić information content (AvgIpc) is 3.27. The third-order valence-electron chi connectivity index (χ3n) is 5.03. The molecule has 0 fully saturated rings. The van der Waals surface area contributed by atoms with Crippen molar-refractivity contribution in [1.29, 1.82) is 0 Å². The Hall–Kier alpha value is -3.61. The summed E-state index contributed by atoms with van der Waals surface area (Å²) in [6.45, 7) is 2.98. The van der Waals surface area contributed by atoms with Crippen LogP contribution < -0.4 is 9.47 Å². The van der Waals surface area contributed by atoms with Crippen LogP contribution in [0, 0.1) is 6.92 Å². The minimum Gasteiger partial charge on any atom is -0.497 e. The van der Waals surface area contributed by atoms with Crippen LogP contribution in [0.2, 0.25) is 0 Å². The van der Waals surface area contributed by atoms with Gasteiger partial charge in [-0.2, -0.15) is 0 Å². The quantitative estimate of drug-likeness (QED) is 0.483. The Kier molecular flexibility index (Phi) is 3.86. The highest BCUT2D eigenvalue weighted by Gasteiger charge is 2.25. The molecular weight excluding hydrogens is 354 g/mol. The Balaban J connectivity index is 1.61. The summed E-state index contributed by atoms with van der Waals surface area (Å²) in [5.74, 6) is 3.14. The largest absolute Gasteiger partial charge is 0.497 e. The van der Waals surface area contributed by atoms with Crippen LogP contribution in [0.15, 0.2) is 54.9 Å². The summed E-state index contributed by atoms with van der Waals surface area (Å²) < 4.78 is 15.6. The zero-order chi connectivity index (χ0) is 19.1. The standard InChI is InChI=1S/C21H19N5O2/c1-14-19-11-25-20(12-28-15-6-4-3-5-7-15)23-24-21(25)17-10-16(27-2)8-9-18(17)26(19)13-22-14/h3-10,13H,11-12H2,1-2H3. The van der Waals surface area contributed by atoms with E-state index in [-0.39, 0.29) is 0 Å². The first-order chi connectivity index (χ1) is 13.7. The van der Waals surface area contributed by atoms with E-state index in [0.717, 1.165) is 45.8 Å². The van der Waals surface area contributed by atoms with Gasteiger partial charge in [0.25, 0.3) is 0 Å². The molecule has 7 nitrogen and oxygen atoms in total. The Bertz CT molecular complexity index is 1150. The van der Waals surface area contributed by atoms with Gasteiger partial charge < -0.3 is 18.6 Å². The Morgan fingerprint density at radius 3 is 2.71 bits per heavy atom. The van der Waals surface area contributed by atoms with Gasteiger partial charge in [0.15, 0.2) is 11.6 Å². The van der Waals surface area contributed by atoms with Crippen molar-refractivity contribution in [2.24, 2.45) is 0 Å². The normalized spacial score (nSPS) is 11.9. The molecule has 2 aromatic carbocycles. The molecule has 28 heavy (non-hydrogen) atoms. The molecule has 0 amide bonds. The second kappa shape index (κ2) is 6.53. The molecule has 3 heterocycles. The topological polar surface area (TPSA) is 67.0 Å². The van der Waals surface area contributed by atoms with Crippen molar-refractivity contribution in [3.8, 4) is 28.6 Å². The van der Waals surface area contributed by atoms with Crippen molar-refractivity contribution in [3.63, 3.8) is 0 Å². The third-order valence-corrected chi connectivity index (χ3v) is 5.03. The fraction of sp³-hybridized carbons (Fsp3) is 0.190. The van der Waals surface area contributed by atoms with Crippen molar-refractivity contribution in [3.05, 3.63) is 72.1 Å². The predicted octanol–water partition coefficient (Wildman–Crippen LogP) is 3.39. The van der Waals surface area contributed by atoms with E-state index < -0.39 is 0 Å². The summed E-state index contributed by atoms with van der Waals surface area (Å²) in [6.07, 6.45) is 1.86. The summed E-state index contributed by atoms with van der Waals surface area (Å²) in [5.41, 5.74) is 4.05. The fourth-order valence-corrected chi connectivity index (χ4v) is 3.51. The van der Waals surface area contributed by atoms with E-state index in [1.54, 1.807) is 7.11 Å². The minimum atomic E-state index is 0.337. The molecule has 0 aliphatic carbocycles. The number of methoxy groups -OCH3 is 1. The molecule has 5 rings (SSSR count). The molecule has 140 valence electrons. The summed E-state index contributed by atoms with van der Waals surface area (Å²) in [4.78, 5) is 4.51. The number of nitrogens with zero attached hydrogens (tertiary/aromatic N) is 5. The van der Waals surface area contributed by atoms with Gasteiger partial charge >= 0.3 is 0 Å². The maximum atomic E-state index is 5.92. The zero-order valence-corrected chi connectivity index (χ0v) is 15.7. The van der Waals surface area contributed by atoms with Crippen molar-refractivity contribution in [2.45, 2.75) is 20.1 Å². The maximum absolute atomic E-state index is 5.92. The third kappa shape index (κ3) is 2.63. The van der Waals surface area contributed by atoms with Crippen LogP contribution in [0.5, 0.6) is 11.5 Å². The van der Waals surface area contributed by atoms with E-state index >= 15 is 0 Å². The molecule has 7 heteroatoms. The van der Waals surface area contributed by atoms with Gasteiger partial charge in [-0.1, -0.05) is 18.2 Å². The van der Waals surface area contributed by atoms with Crippen LogP contribution in [0.3, 0.4) is 0 Å². The lowest BCUT2D eigenvalue weighted by Gasteiger charge is -2.10. The average molecular weight is 373 g/mol. The van der Waals surface area contributed by atoms with E-state index in [1.807, 2.05) is 61.8 Å². The molecule has 0 spiro atoms. The van der Waals surface area contributed by atoms with Crippen LogP contribution in [-0.2, 0) is 13.2 Å². The second-order valence-corrected chi connectivity index (χ2v) is 6.66. The second-order valence-electron chi connectivity index (χ2n) is 6.66. The van der Waals surface area contributed by atoms with E-state index in [1.165, 1.54) is 0 Å². The van der Waals surface area contributed by atoms with Gasteiger partial charge in [0.1, 0.15) is 18.1 Å². The van der Waals surface area contributed by atoms with Crippen LogP contribution in [0.4, 0.5) is 0 Å². The number of aryl methyl sites for hydroxylation is 1. The maximum Gasteiger partial charge on any atom is 0.171 e. The molecular formula is C21H19N5O2. The van der Waals surface area contributed by atoms with Crippen LogP contribution in [0.1, 0.15) is 17.2 Å². The van der Waals surface area contributed by atoms with Crippen LogP contribution >= 0.6 is 0 Å². The summed E-state index contributed by atoms with van der Waals surface area (Å²) in [7, 11) is 1.66. The molecule has 0 atom stereocenters. The predicted molar refractivity (Wildman–Crippen MR) is 104 cm³/mol. The summed E-state index contributed by atoms with van der Waals surface area (Å²) >= 11 is 0. The molecule has 0 unspecified atom stereocenters. The fourth-order valence-electron chi connectivity index (χ4n) is 3.51. The van der Waals surface area contributed by atoms with E-state index in [9.17, 15) is 0 Å². The van der Waals surface area contributed by atoms with Gasteiger partial charge in [-0.25, -0.2) is 4.98 Å². The number of aromatic nitrogens is 5. The first-order valence-corrected chi connectivity index (χ1v) is 9.06. The van der Waals surface area contributed by atoms with Crippen LogP contribution in [0.25, 0.3) is 17.1 Å². The highest BCUT2D eigenvalue weighted by Crippen LogP contribution is 2.34. The highest BCUT2D eigenvalue weighted by molar-refractivity contribution is 5.71. The van der Waals surface area contributed by atoms with Gasteiger partial charge in [0.2, 0.25) is 0 Å². The Morgan fingerprint density at radius 1 is 1.04 bits per heavy atom. The summed E-state index contributed by atoms with van der Waals surface area (Å²) in [5, 5.41) is 8.90. The highest BCUT2D eigenvalue weighted by atomic mass is 16.5. The number of hydrogen-bond donors (Lipinski definition) is 0. The molecule has 1 aliphatic rings. The van der Waals surface area contributed by atoms with Crippen LogP contribution in [-0.4, -0.2) is 31.4 Å². The van der Waals surface area contributed by atoms with E-state index in [2.05, 4.69) is 24.3 Å². The minimum absolute atomic E-state index is 0.337. The van der Waals surface area contributed by atoms with Gasteiger partial charge in [-0.3, -0.25) is 0 Å². The lowest BCUT2D eigenvalue weighted by Crippen LogP contribution is -2.10. The van der Waals surface area contributed by atoms with Crippen molar-refractivity contribution < 1.29 is 9.47 Å². The molecule has 1 aliphatic heterocycles. The van der Waals surface area contributed by atoms with Crippen molar-refractivity contribution in [2.75, 3.05) is 7.11 Å². The number of benzene rings is 2. The zero-order valence-electron chi connectivity index (χ0n) is 15.7. The molecule has 0 bridgehead atoms. The number of fused-ring (bicyclic) bond motifs is 5. The number of ether oxygens (including phenoxy) is 2. The molecule has 0 saturated carbocycles. The molecule has 4 aromatic rings. The Morgan fingerprint density at radius 2 is 1.89 bits per heavy atom. The molecule has 0 N–H and O–H groups in total. The SMILES string of the molecule is COc1ccc2c(c1)-c1nnc(COc3ccccc3)n1Cc1c(C)ncn1-2. The first kappa shape index (κ1) is 16.6. The van der Waals surface area contributed by atoms with E-state index in [4.69, 9.17) is 9.47 Å². The lowest BCUT2D eigenvalue weighted by atomic mass is 10.1. The number of imidazole rings is 1. The van der Waals surface area contributed by atoms with Gasteiger partial charge in [0.05, 0.1) is 37.1 Å². The van der Waals surface area contributed by atoms with Crippen molar-refractivity contribution >= 4 is 0 Å². The number of hydrogen-bond acceptors (Lipinski definition) is 5. The molecule has 0 radical (unpaired) electrons. The Labute approximate surface area is 162 Å². The number of para-hydroxylation sites is 1. The van der Waals surface area contributed by atoms with E-state index in [0.29, 0.717) is 13.2 Å². The smallest absolute Gasteiger partial charge is 0.171 e. The molecule has 2 aromatic heterocycles. The van der Waals surface area contributed by atoms with Crippen molar-refractivity contribution in [1.82, 2.24) is 24.3 Å². The first-order valence-electron chi connectivity index (χ1n) is 9.06. The van der Waals surface area contributed by atoms with Gasteiger partial charge in [-0.15, -0.1) is 10.2 Å². The monoisotopic (exact) mass is 373 g/mol. The molecule has 0 saturated heterocycles. The summed E-state index contributed by atoms with van der Waals surface area (Å²) in [6, 6.07) is 15.7.